The lowest BCUT2D eigenvalue weighted by Crippen LogP contribution is -2.39. The highest BCUT2D eigenvalue weighted by atomic mass is 32.1. The summed E-state index contributed by atoms with van der Waals surface area (Å²) in [5, 5.41) is 4.59. The summed E-state index contributed by atoms with van der Waals surface area (Å²) in [5.41, 5.74) is 1.12. The lowest BCUT2D eigenvalue weighted by molar-refractivity contribution is 0.114. The fourth-order valence-corrected chi connectivity index (χ4v) is 3.55. The van der Waals surface area contributed by atoms with Crippen molar-refractivity contribution in [1.29, 1.82) is 0 Å². The van der Waals surface area contributed by atoms with Crippen LogP contribution in [0.2, 0.25) is 0 Å². The van der Waals surface area contributed by atoms with Gasteiger partial charge in [-0.15, -0.1) is 11.3 Å². The molecule has 6 heteroatoms. The van der Waals surface area contributed by atoms with E-state index in [1.54, 1.807) is 11.3 Å². The lowest BCUT2D eigenvalue weighted by Gasteiger charge is -2.21. The Bertz CT molecular complexity index is 486. The Labute approximate surface area is 131 Å². The van der Waals surface area contributed by atoms with Gasteiger partial charge in [0.05, 0.1) is 23.9 Å². The molecule has 2 heterocycles. The van der Waals surface area contributed by atoms with Gasteiger partial charge < -0.3 is 15.0 Å². The first-order valence-corrected chi connectivity index (χ1v) is 8.42. The minimum Gasteiger partial charge on any atom is -0.381 e. The molecule has 0 aromatic carbocycles. The Hall–Kier alpha value is -1.14. The van der Waals surface area contributed by atoms with Gasteiger partial charge in [0.25, 0.3) is 0 Å². The van der Waals surface area contributed by atoms with Crippen LogP contribution in [0.25, 0.3) is 0 Å². The molecule has 0 amide bonds. The average Bonchev–Trinajstić information content (AvgIpc) is 3.04. The molecule has 1 aliphatic heterocycles. The van der Waals surface area contributed by atoms with Crippen LogP contribution in [0.15, 0.2) is 4.99 Å². The lowest BCUT2D eigenvalue weighted by atomic mass is 10.1. The third-order valence-electron chi connectivity index (χ3n) is 3.76. The van der Waals surface area contributed by atoms with E-state index in [9.17, 15) is 0 Å². The first-order valence-electron chi connectivity index (χ1n) is 7.60. The van der Waals surface area contributed by atoms with E-state index in [2.05, 4.69) is 34.0 Å². The van der Waals surface area contributed by atoms with Crippen molar-refractivity contribution in [2.45, 2.75) is 33.7 Å². The first-order chi connectivity index (χ1) is 10.1. The van der Waals surface area contributed by atoms with Crippen molar-refractivity contribution < 1.29 is 4.74 Å². The number of ether oxygens (including phenoxy) is 1. The van der Waals surface area contributed by atoms with E-state index in [1.165, 1.54) is 11.3 Å². The molecule has 1 unspecified atom stereocenters. The van der Waals surface area contributed by atoms with Crippen LogP contribution >= 0.6 is 11.3 Å². The monoisotopic (exact) mass is 310 g/mol. The number of likely N-dealkylation sites (tertiary alicyclic amines) is 1. The molecule has 2 rings (SSSR count). The first kappa shape index (κ1) is 16.2. The number of hydrogen-bond donors (Lipinski definition) is 1. The predicted octanol–water partition coefficient (Wildman–Crippen LogP) is 2.19. The second-order valence-electron chi connectivity index (χ2n) is 5.40. The van der Waals surface area contributed by atoms with Crippen LogP contribution < -0.4 is 5.32 Å². The molecule has 0 saturated carbocycles. The molecule has 0 aliphatic carbocycles. The Morgan fingerprint density at radius 2 is 2.33 bits per heavy atom. The highest BCUT2D eigenvalue weighted by Crippen LogP contribution is 2.19. The Kier molecular flexibility index (Phi) is 5.99. The third-order valence-corrected chi connectivity index (χ3v) is 4.83. The number of rotatable bonds is 5. The number of nitrogens with one attached hydrogen (secondary N) is 1. The summed E-state index contributed by atoms with van der Waals surface area (Å²) in [6.07, 6.45) is 1.18. The van der Waals surface area contributed by atoms with Crippen molar-refractivity contribution in [3.8, 4) is 0 Å². The number of guanidine groups is 1. The number of aromatic nitrogens is 1. The van der Waals surface area contributed by atoms with Crippen LogP contribution in [0.3, 0.4) is 0 Å². The second kappa shape index (κ2) is 7.75. The van der Waals surface area contributed by atoms with Gasteiger partial charge in [-0.2, -0.15) is 0 Å². The summed E-state index contributed by atoms with van der Waals surface area (Å²) in [5.74, 6) is 1.61. The normalized spacial score (nSPS) is 19.3. The van der Waals surface area contributed by atoms with Gasteiger partial charge in [0, 0.05) is 37.5 Å². The SMILES string of the molecule is CCOCC1CCN(C(=NC)NCc2sc(C)nc2C)C1. The topological polar surface area (TPSA) is 49.8 Å². The molecule has 1 aromatic rings. The molecule has 5 nitrogen and oxygen atoms in total. The van der Waals surface area contributed by atoms with Crippen LogP contribution in [0, 0.1) is 19.8 Å². The van der Waals surface area contributed by atoms with Gasteiger partial charge in [-0.3, -0.25) is 4.99 Å². The van der Waals surface area contributed by atoms with Crippen molar-refractivity contribution in [3.63, 3.8) is 0 Å². The van der Waals surface area contributed by atoms with Crippen molar-refractivity contribution in [2.24, 2.45) is 10.9 Å². The number of aryl methyl sites for hydroxylation is 2. The maximum Gasteiger partial charge on any atom is 0.193 e. The van der Waals surface area contributed by atoms with E-state index in [1.807, 2.05) is 14.0 Å². The van der Waals surface area contributed by atoms with Crippen molar-refractivity contribution in [2.75, 3.05) is 33.4 Å². The number of aliphatic imine (C=N–C) groups is 1. The summed E-state index contributed by atoms with van der Waals surface area (Å²) in [6.45, 7) is 10.7. The molecule has 1 atom stereocenters. The van der Waals surface area contributed by atoms with Gasteiger partial charge in [0.2, 0.25) is 0 Å². The van der Waals surface area contributed by atoms with Crippen LogP contribution in [0.5, 0.6) is 0 Å². The van der Waals surface area contributed by atoms with Gasteiger partial charge in [-0.05, 0) is 27.2 Å². The highest BCUT2D eigenvalue weighted by Gasteiger charge is 2.24. The fourth-order valence-electron chi connectivity index (χ4n) is 2.67. The van der Waals surface area contributed by atoms with Crippen LogP contribution in [0.4, 0.5) is 0 Å². The van der Waals surface area contributed by atoms with Crippen molar-refractivity contribution in [1.82, 2.24) is 15.2 Å². The molecule has 118 valence electrons. The third kappa shape index (κ3) is 4.41. The maximum absolute atomic E-state index is 5.53. The molecule has 1 fully saturated rings. The Morgan fingerprint density at radius 3 is 2.95 bits per heavy atom. The molecular weight excluding hydrogens is 284 g/mol. The molecule has 0 spiro atoms. The molecule has 21 heavy (non-hydrogen) atoms. The van der Waals surface area contributed by atoms with E-state index in [-0.39, 0.29) is 0 Å². The summed E-state index contributed by atoms with van der Waals surface area (Å²) in [6, 6.07) is 0. The fraction of sp³-hybridized carbons (Fsp3) is 0.733. The molecule has 0 bridgehead atoms. The molecule has 1 aromatic heterocycles. The summed E-state index contributed by atoms with van der Waals surface area (Å²) in [4.78, 5) is 12.5. The minimum absolute atomic E-state index is 0.621. The van der Waals surface area contributed by atoms with Crippen LogP contribution in [-0.4, -0.2) is 49.2 Å². The van der Waals surface area contributed by atoms with E-state index >= 15 is 0 Å². The standard InChI is InChI=1S/C15H26N4OS/c1-5-20-10-13-6-7-19(9-13)15(16-4)17-8-14-11(2)18-12(3)21-14/h13H,5-10H2,1-4H3,(H,16,17). The maximum atomic E-state index is 5.53. The summed E-state index contributed by atoms with van der Waals surface area (Å²) in [7, 11) is 1.85. The molecule has 1 N–H and O–H groups in total. The highest BCUT2D eigenvalue weighted by molar-refractivity contribution is 7.11. The summed E-state index contributed by atoms with van der Waals surface area (Å²) < 4.78 is 5.53. The quantitative estimate of drug-likeness (QED) is 0.669. The van der Waals surface area contributed by atoms with Crippen LogP contribution in [0.1, 0.15) is 28.9 Å². The van der Waals surface area contributed by atoms with Gasteiger partial charge in [-0.1, -0.05) is 0 Å². The van der Waals surface area contributed by atoms with Crippen molar-refractivity contribution >= 4 is 17.3 Å². The zero-order valence-corrected chi connectivity index (χ0v) is 14.3. The smallest absolute Gasteiger partial charge is 0.193 e. The largest absolute Gasteiger partial charge is 0.381 e. The predicted molar refractivity (Wildman–Crippen MR) is 88.0 cm³/mol. The molecular formula is C15H26N4OS. The van der Waals surface area contributed by atoms with Crippen LogP contribution in [-0.2, 0) is 11.3 Å². The molecule has 0 radical (unpaired) electrons. The zero-order chi connectivity index (χ0) is 15.2. The van der Waals surface area contributed by atoms with Crippen molar-refractivity contribution in [3.05, 3.63) is 15.6 Å². The second-order valence-corrected chi connectivity index (χ2v) is 6.69. The zero-order valence-electron chi connectivity index (χ0n) is 13.5. The van der Waals surface area contributed by atoms with E-state index in [0.717, 1.165) is 49.5 Å². The average molecular weight is 310 g/mol. The molecule has 1 aliphatic rings. The Morgan fingerprint density at radius 1 is 1.52 bits per heavy atom. The Balaban J connectivity index is 1.85. The number of thiazole rings is 1. The molecule has 1 saturated heterocycles. The van der Waals surface area contributed by atoms with Gasteiger partial charge >= 0.3 is 0 Å². The van der Waals surface area contributed by atoms with E-state index < -0.39 is 0 Å². The number of hydrogen-bond acceptors (Lipinski definition) is 4. The minimum atomic E-state index is 0.621. The van der Waals surface area contributed by atoms with Gasteiger partial charge in [0.1, 0.15) is 0 Å². The number of nitrogens with zero attached hydrogens (tertiary/aromatic N) is 3. The van der Waals surface area contributed by atoms with E-state index in [4.69, 9.17) is 4.74 Å². The van der Waals surface area contributed by atoms with Gasteiger partial charge in [0.15, 0.2) is 5.96 Å². The van der Waals surface area contributed by atoms with E-state index in [0.29, 0.717) is 5.92 Å². The summed E-state index contributed by atoms with van der Waals surface area (Å²) >= 11 is 1.75. The van der Waals surface area contributed by atoms with Gasteiger partial charge in [-0.25, -0.2) is 4.98 Å².